The predicted molar refractivity (Wildman–Crippen MR) is 117 cm³/mol. The van der Waals surface area contributed by atoms with Crippen LogP contribution in [0.2, 0.25) is 0 Å². The zero-order chi connectivity index (χ0) is 18.4. The largest absolute Gasteiger partial charge is 0.466 e. The zero-order valence-electron chi connectivity index (χ0n) is 16.2. The molecule has 0 saturated carbocycles. The molecule has 26 heavy (non-hydrogen) atoms. The van der Waals surface area contributed by atoms with Crippen molar-refractivity contribution in [2.45, 2.75) is 46.8 Å². The number of hydrogen-bond donors (Lipinski definition) is 3. The quantitative estimate of drug-likeness (QED) is 0.341. The molecule has 0 amide bonds. The van der Waals surface area contributed by atoms with E-state index in [4.69, 9.17) is 4.42 Å². The fourth-order valence-electron chi connectivity index (χ4n) is 2.89. The number of nitrogens with one attached hydrogen (secondary N) is 2. The van der Waals surface area contributed by atoms with Gasteiger partial charge in [-0.15, -0.1) is 24.0 Å². The first kappa shape index (κ1) is 22.5. The molecule has 2 aromatic rings. The van der Waals surface area contributed by atoms with Crippen molar-refractivity contribution in [3.8, 4) is 0 Å². The molecule has 0 spiro atoms. The third-order valence-corrected chi connectivity index (χ3v) is 4.23. The molecule has 1 aromatic heterocycles. The molecule has 6 heteroatoms. The van der Waals surface area contributed by atoms with Crippen LogP contribution < -0.4 is 10.6 Å². The fourth-order valence-corrected chi connectivity index (χ4v) is 2.89. The van der Waals surface area contributed by atoms with Crippen molar-refractivity contribution < 1.29 is 9.52 Å². The van der Waals surface area contributed by atoms with Gasteiger partial charge in [0.2, 0.25) is 0 Å². The Morgan fingerprint density at radius 3 is 2.38 bits per heavy atom. The summed E-state index contributed by atoms with van der Waals surface area (Å²) < 4.78 is 5.31. The van der Waals surface area contributed by atoms with E-state index in [1.165, 1.54) is 22.3 Å². The highest BCUT2D eigenvalue weighted by Crippen LogP contribution is 2.20. The van der Waals surface area contributed by atoms with Crippen molar-refractivity contribution in [2.24, 2.45) is 4.99 Å². The number of benzene rings is 1. The van der Waals surface area contributed by atoms with Gasteiger partial charge in [0.1, 0.15) is 11.4 Å². The molecular weight excluding hydrogens is 441 g/mol. The Bertz CT molecular complexity index is 702. The van der Waals surface area contributed by atoms with Gasteiger partial charge in [0.15, 0.2) is 5.96 Å². The molecule has 2 rings (SSSR count). The summed E-state index contributed by atoms with van der Waals surface area (Å²) >= 11 is 0. The van der Waals surface area contributed by atoms with Crippen LogP contribution >= 0.6 is 24.0 Å². The van der Waals surface area contributed by atoms with Crippen LogP contribution in [0, 0.1) is 20.8 Å². The number of aliphatic imine (C=N–C) groups is 1. The Balaban J connectivity index is 0.00000338. The molecule has 144 valence electrons. The van der Waals surface area contributed by atoms with Gasteiger partial charge in [0.25, 0.3) is 0 Å². The average molecular weight is 471 g/mol. The molecule has 1 heterocycles. The molecule has 1 unspecified atom stereocenters. The summed E-state index contributed by atoms with van der Waals surface area (Å²) in [5.41, 5.74) is 3.90. The monoisotopic (exact) mass is 471 g/mol. The van der Waals surface area contributed by atoms with Gasteiger partial charge in [-0.2, -0.15) is 0 Å². The lowest BCUT2D eigenvalue weighted by atomic mass is 10.00. The second kappa shape index (κ2) is 9.97. The van der Waals surface area contributed by atoms with Gasteiger partial charge in [-0.1, -0.05) is 17.7 Å². The highest BCUT2D eigenvalue weighted by molar-refractivity contribution is 14.0. The number of halogens is 1. The van der Waals surface area contributed by atoms with Gasteiger partial charge >= 0.3 is 0 Å². The summed E-state index contributed by atoms with van der Waals surface area (Å²) in [5, 5.41) is 17.0. The molecule has 1 atom stereocenters. The van der Waals surface area contributed by atoms with Crippen LogP contribution in [0.5, 0.6) is 0 Å². The molecule has 0 aliphatic heterocycles. The fraction of sp³-hybridized carbons (Fsp3) is 0.450. The Morgan fingerprint density at radius 2 is 1.85 bits per heavy atom. The van der Waals surface area contributed by atoms with E-state index < -0.39 is 5.60 Å². The normalized spacial score (nSPS) is 13.7. The highest BCUT2D eigenvalue weighted by atomic mass is 127. The third-order valence-electron chi connectivity index (χ3n) is 4.23. The number of aliphatic hydroxyl groups is 1. The highest BCUT2D eigenvalue weighted by Gasteiger charge is 2.26. The van der Waals surface area contributed by atoms with Crippen molar-refractivity contribution in [3.63, 3.8) is 0 Å². The third kappa shape index (κ3) is 6.02. The molecule has 5 nitrogen and oxygen atoms in total. The van der Waals surface area contributed by atoms with Crippen LogP contribution in [0.3, 0.4) is 0 Å². The number of guanidine groups is 1. The minimum atomic E-state index is -1.10. The first-order chi connectivity index (χ1) is 11.8. The maximum atomic E-state index is 10.6. The molecule has 1 aromatic carbocycles. The van der Waals surface area contributed by atoms with E-state index in [0.29, 0.717) is 24.8 Å². The summed E-state index contributed by atoms with van der Waals surface area (Å²) in [4.78, 5) is 4.67. The van der Waals surface area contributed by atoms with Crippen LogP contribution in [0.25, 0.3) is 0 Å². The van der Waals surface area contributed by atoms with Crippen molar-refractivity contribution in [1.29, 1.82) is 0 Å². The maximum absolute atomic E-state index is 10.6. The smallest absolute Gasteiger partial charge is 0.191 e. The topological polar surface area (TPSA) is 69.8 Å². The molecule has 0 radical (unpaired) electrons. The lowest BCUT2D eigenvalue weighted by Crippen LogP contribution is -2.44. The number of furan rings is 1. The molecule has 3 N–H and O–H groups in total. The summed E-state index contributed by atoms with van der Waals surface area (Å²) in [6, 6.07) is 7.90. The second-order valence-electron chi connectivity index (χ2n) is 6.68. The Hall–Kier alpha value is -1.54. The van der Waals surface area contributed by atoms with Crippen LogP contribution in [0.4, 0.5) is 0 Å². The number of hydrogen-bond acceptors (Lipinski definition) is 3. The standard InChI is InChI=1S/C20H29N3O2.HI/c1-6-21-19(23-13-20(5,24)18-8-7-9-25-18)22-12-17-15(3)10-14(2)11-16(17)4;/h7-11,24H,6,12-13H2,1-5H3,(H2,21,22,23);1H. The van der Waals surface area contributed by atoms with Gasteiger partial charge in [0.05, 0.1) is 19.4 Å². The van der Waals surface area contributed by atoms with Gasteiger partial charge in [-0.25, -0.2) is 4.99 Å². The second-order valence-corrected chi connectivity index (χ2v) is 6.68. The van der Waals surface area contributed by atoms with E-state index >= 15 is 0 Å². The first-order valence-electron chi connectivity index (χ1n) is 8.68. The lowest BCUT2D eigenvalue weighted by molar-refractivity contribution is 0.0386. The summed E-state index contributed by atoms with van der Waals surface area (Å²) in [5.74, 6) is 1.20. The van der Waals surface area contributed by atoms with Gasteiger partial charge in [-0.05, 0) is 63.4 Å². The predicted octanol–water partition coefficient (Wildman–Crippen LogP) is 3.79. The minimum Gasteiger partial charge on any atom is -0.466 e. The number of rotatable bonds is 6. The van der Waals surface area contributed by atoms with Crippen LogP contribution in [0.15, 0.2) is 39.9 Å². The molecule has 0 aliphatic carbocycles. The van der Waals surface area contributed by atoms with E-state index in [0.717, 1.165) is 6.54 Å². The average Bonchev–Trinajstić information content (AvgIpc) is 3.06. The molecule has 0 fully saturated rings. The Kier molecular flexibility index (Phi) is 8.62. The minimum absolute atomic E-state index is 0. The summed E-state index contributed by atoms with van der Waals surface area (Å²) in [6.07, 6.45) is 1.56. The van der Waals surface area contributed by atoms with Crippen LogP contribution in [-0.4, -0.2) is 24.2 Å². The summed E-state index contributed by atoms with van der Waals surface area (Å²) in [6.45, 7) is 11.7. The van der Waals surface area contributed by atoms with Gasteiger partial charge in [-0.3, -0.25) is 0 Å². The summed E-state index contributed by atoms with van der Waals surface area (Å²) in [7, 11) is 0. The van der Waals surface area contributed by atoms with E-state index in [9.17, 15) is 5.11 Å². The van der Waals surface area contributed by atoms with Crippen molar-refractivity contribution in [3.05, 3.63) is 58.5 Å². The van der Waals surface area contributed by atoms with E-state index in [2.05, 4.69) is 48.5 Å². The van der Waals surface area contributed by atoms with Gasteiger partial charge < -0.3 is 20.2 Å². The van der Waals surface area contributed by atoms with Crippen molar-refractivity contribution in [1.82, 2.24) is 10.6 Å². The van der Waals surface area contributed by atoms with E-state index in [1.807, 2.05) is 6.92 Å². The first-order valence-corrected chi connectivity index (χ1v) is 8.68. The van der Waals surface area contributed by atoms with Crippen LogP contribution in [-0.2, 0) is 12.1 Å². The Labute approximate surface area is 173 Å². The van der Waals surface area contributed by atoms with Crippen molar-refractivity contribution >= 4 is 29.9 Å². The zero-order valence-corrected chi connectivity index (χ0v) is 18.5. The van der Waals surface area contributed by atoms with Crippen LogP contribution in [0.1, 0.15) is 41.9 Å². The molecule has 0 aliphatic rings. The van der Waals surface area contributed by atoms with E-state index in [-0.39, 0.29) is 24.0 Å². The SMILES string of the molecule is CCNC(=NCc1c(C)cc(C)cc1C)NCC(C)(O)c1ccco1.I. The van der Waals surface area contributed by atoms with Gasteiger partial charge in [0, 0.05) is 6.54 Å². The molecule has 0 bridgehead atoms. The maximum Gasteiger partial charge on any atom is 0.191 e. The Morgan fingerprint density at radius 1 is 1.19 bits per heavy atom. The number of aryl methyl sites for hydroxylation is 3. The van der Waals surface area contributed by atoms with E-state index in [1.54, 1.807) is 25.3 Å². The lowest BCUT2D eigenvalue weighted by Gasteiger charge is -2.22. The molecule has 0 saturated heterocycles. The molecular formula is C20H30IN3O2. The van der Waals surface area contributed by atoms with Crippen molar-refractivity contribution in [2.75, 3.05) is 13.1 Å². The number of nitrogens with zero attached hydrogens (tertiary/aromatic N) is 1.